The molecule has 2 rings (SSSR count). The highest BCUT2D eigenvalue weighted by Crippen LogP contribution is 2.21. The van der Waals surface area contributed by atoms with Crippen molar-refractivity contribution in [1.82, 2.24) is 9.80 Å². The van der Waals surface area contributed by atoms with E-state index in [0.29, 0.717) is 22.9 Å². The first-order chi connectivity index (χ1) is 12.9. The van der Waals surface area contributed by atoms with Crippen LogP contribution in [-0.4, -0.2) is 49.3 Å². The highest BCUT2D eigenvalue weighted by atomic mass is 35.5. The van der Waals surface area contributed by atoms with E-state index in [0.717, 1.165) is 38.0 Å². The zero-order valence-corrected chi connectivity index (χ0v) is 18.1. The Kier molecular flexibility index (Phi) is 11.1. The molecule has 0 radical (unpaired) electrons. The van der Waals surface area contributed by atoms with Gasteiger partial charge in [-0.25, -0.2) is 0 Å². The van der Waals surface area contributed by atoms with Gasteiger partial charge in [-0.2, -0.15) is 0 Å². The van der Waals surface area contributed by atoms with Crippen molar-refractivity contribution in [2.24, 2.45) is 0 Å². The largest absolute Gasteiger partial charge is 0.372 e. The molecule has 0 unspecified atom stereocenters. The molecule has 0 spiro atoms. The molecule has 0 amide bonds. The number of nitrogens with zero attached hydrogens (tertiary/aromatic N) is 2. The van der Waals surface area contributed by atoms with Gasteiger partial charge in [0.25, 0.3) is 0 Å². The van der Waals surface area contributed by atoms with Crippen molar-refractivity contribution in [3.8, 4) is 0 Å². The molecule has 1 heterocycles. The third kappa shape index (κ3) is 8.79. The molecule has 1 aromatic rings. The summed E-state index contributed by atoms with van der Waals surface area (Å²) in [5.41, 5.74) is 3.69. The maximum atomic E-state index is 10.1. The molecule has 0 bridgehead atoms. The predicted octanol–water partition coefficient (Wildman–Crippen LogP) is 5.39. The smallest absolute Gasteiger partial charge is 0.120 e. The molecule has 0 saturated carbocycles. The molecule has 0 aliphatic carbocycles. The van der Waals surface area contributed by atoms with Crippen LogP contribution in [0.1, 0.15) is 25.8 Å². The molecule has 0 N–H and O–H groups in total. The summed E-state index contributed by atoms with van der Waals surface area (Å²) in [5, 5.41) is 1.25. The summed E-state index contributed by atoms with van der Waals surface area (Å²) < 4.78 is 0. The Hall–Kier alpha value is -1.55. The number of piperazine rings is 1. The van der Waals surface area contributed by atoms with Crippen LogP contribution in [0, 0.1) is 0 Å². The summed E-state index contributed by atoms with van der Waals surface area (Å²) in [7, 11) is 2.18. The molecule has 0 aromatic heterocycles. The second kappa shape index (κ2) is 12.8. The van der Waals surface area contributed by atoms with Gasteiger partial charge in [0, 0.05) is 48.3 Å². The van der Waals surface area contributed by atoms with Crippen LogP contribution in [0.15, 0.2) is 54.3 Å². The lowest BCUT2D eigenvalue weighted by Crippen LogP contribution is -2.43. The Morgan fingerprint density at radius 1 is 1.19 bits per heavy atom. The molecule has 1 fully saturated rings. The highest BCUT2D eigenvalue weighted by Gasteiger charge is 2.14. The van der Waals surface area contributed by atoms with Gasteiger partial charge in [0.05, 0.1) is 0 Å². The fourth-order valence-corrected chi connectivity index (χ4v) is 3.17. The minimum absolute atomic E-state index is 0.501. The van der Waals surface area contributed by atoms with E-state index >= 15 is 0 Å². The predicted molar refractivity (Wildman–Crippen MR) is 118 cm³/mol. The van der Waals surface area contributed by atoms with Gasteiger partial charge >= 0.3 is 0 Å². The summed E-state index contributed by atoms with van der Waals surface area (Å²) in [6, 6.07) is 5.30. The molecule has 0 atom stereocenters. The zero-order valence-electron chi connectivity index (χ0n) is 16.5. The minimum Gasteiger partial charge on any atom is -0.372 e. The van der Waals surface area contributed by atoms with Gasteiger partial charge in [-0.15, -0.1) is 0 Å². The molecule has 1 aliphatic heterocycles. The van der Waals surface area contributed by atoms with Gasteiger partial charge in [-0.3, -0.25) is 0 Å². The Bertz CT molecular complexity index is 675. The minimum atomic E-state index is 0.501. The van der Waals surface area contributed by atoms with Crippen molar-refractivity contribution in [2.45, 2.75) is 26.7 Å². The molecule has 27 heavy (non-hydrogen) atoms. The first kappa shape index (κ1) is 23.5. The number of benzene rings is 1. The van der Waals surface area contributed by atoms with Crippen LogP contribution in [-0.2, 0) is 11.2 Å². The normalized spacial score (nSPS) is 15.8. The molecule has 1 aliphatic rings. The van der Waals surface area contributed by atoms with Crippen molar-refractivity contribution in [3.63, 3.8) is 0 Å². The SMILES string of the molecule is C=C/C=C\C(C)=C(/C)N1CCN(C)CC1.O=CCCc1ccc(Cl)cc1Cl. The van der Waals surface area contributed by atoms with Crippen molar-refractivity contribution < 1.29 is 4.79 Å². The number of hydrogen-bond acceptors (Lipinski definition) is 3. The Balaban J connectivity index is 0.000000277. The number of aryl methyl sites for hydroxylation is 1. The van der Waals surface area contributed by atoms with Crippen molar-refractivity contribution in [2.75, 3.05) is 33.2 Å². The van der Waals surface area contributed by atoms with Crippen LogP contribution >= 0.6 is 23.2 Å². The second-order valence-electron chi connectivity index (χ2n) is 6.59. The van der Waals surface area contributed by atoms with Crippen LogP contribution in [0.2, 0.25) is 10.0 Å². The van der Waals surface area contributed by atoms with E-state index in [-0.39, 0.29) is 0 Å². The van der Waals surface area contributed by atoms with E-state index in [1.807, 2.05) is 18.2 Å². The number of carbonyl (C=O) groups excluding carboxylic acids is 1. The Morgan fingerprint density at radius 3 is 2.41 bits per heavy atom. The van der Waals surface area contributed by atoms with E-state index in [2.05, 4.69) is 43.3 Å². The monoisotopic (exact) mass is 408 g/mol. The number of halogens is 2. The Morgan fingerprint density at radius 2 is 1.85 bits per heavy atom. The number of likely N-dealkylation sites (N-methyl/N-ethyl adjacent to an activating group) is 1. The molecular weight excluding hydrogens is 379 g/mol. The first-order valence-corrected chi connectivity index (χ1v) is 9.92. The van der Waals surface area contributed by atoms with Crippen LogP contribution in [0.3, 0.4) is 0 Å². The van der Waals surface area contributed by atoms with E-state index < -0.39 is 0 Å². The summed E-state index contributed by atoms with van der Waals surface area (Å²) in [5.74, 6) is 0. The second-order valence-corrected chi connectivity index (χ2v) is 7.44. The number of carbonyl (C=O) groups is 1. The van der Waals surface area contributed by atoms with Crippen molar-refractivity contribution in [3.05, 3.63) is 69.9 Å². The Labute approximate surface area is 173 Å². The van der Waals surface area contributed by atoms with Crippen molar-refractivity contribution >= 4 is 29.5 Å². The van der Waals surface area contributed by atoms with Gasteiger partial charge in [0.2, 0.25) is 0 Å². The third-order valence-corrected chi connectivity index (χ3v) is 5.16. The quantitative estimate of drug-likeness (QED) is 0.465. The lowest BCUT2D eigenvalue weighted by molar-refractivity contribution is -0.107. The number of allylic oxidation sites excluding steroid dienone is 5. The zero-order chi connectivity index (χ0) is 20.2. The highest BCUT2D eigenvalue weighted by molar-refractivity contribution is 6.35. The standard InChI is InChI=1S/C13H22N2.C9H8Cl2O/c1-5-6-7-12(2)13(3)15-10-8-14(4)9-11-15;10-8-4-3-7(2-1-5-12)9(11)6-8/h5-7H,1,8-11H2,2-4H3;3-6H,1-2H2/b7-6-,13-12+;. The summed E-state index contributed by atoms with van der Waals surface area (Å²) in [4.78, 5) is 14.9. The number of hydrogen-bond donors (Lipinski definition) is 0. The molecule has 148 valence electrons. The molecular formula is C22H30Cl2N2O. The van der Waals surface area contributed by atoms with E-state index in [9.17, 15) is 4.79 Å². The van der Waals surface area contributed by atoms with Crippen LogP contribution in [0.4, 0.5) is 0 Å². The van der Waals surface area contributed by atoms with E-state index in [1.54, 1.807) is 12.1 Å². The summed E-state index contributed by atoms with van der Waals surface area (Å²) in [6.45, 7) is 12.7. The maximum Gasteiger partial charge on any atom is 0.120 e. The average Bonchev–Trinajstić information content (AvgIpc) is 2.66. The van der Waals surface area contributed by atoms with Gasteiger partial charge in [0.1, 0.15) is 6.29 Å². The van der Waals surface area contributed by atoms with Gasteiger partial charge in [-0.05, 0) is 50.6 Å². The van der Waals surface area contributed by atoms with Crippen LogP contribution < -0.4 is 0 Å². The van der Waals surface area contributed by atoms with Crippen molar-refractivity contribution in [1.29, 1.82) is 0 Å². The number of aldehydes is 1. The lowest BCUT2D eigenvalue weighted by atomic mass is 10.1. The average molecular weight is 409 g/mol. The molecule has 1 aromatic carbocycles. The molecule has 1 saturated heterocycles. The van der Waals surface area contributed by atoms with Gasteiger partial charge < -0.3 is 14.6 Å². The van der Waals surface area contributed by atoms with Gasteiger partial charge in [0.15, 0.2) is 0 Å². The van der Waals surface area contributed by atoms with E-state index in [4.69, 9.17) is 23.2 Å². The van der Waals surface area contributed by atoms with Crippen LogP contribution in [0.25, 0.3) is 0 Å². The molecule has 3 nitrogen and oxygen atoms in total. The maximum absolute atomic E-state index is 10.1. The van der Waals surface area contributed by atoms with Gasteiger partial charge in [-0.1, -0.05) is 54.1 Å². The van der Waals surface area contributed by atoms with E-state index in [1.165, 1.54) is 11.3 Å². The fraction of sp³-hybridized carbons (Fsp3) is 0.409. The molecule has 5 heteroatoms. The third-order valence-electron chi connectivity index (χ3n) is 4.58. The summed E-state index contributed by atoms with van der Waals surface area (Å²) >= 11 is 11.6. The first-order valence-electron chi connectivity index (χ1n) is 9.16. The lowest BCUT2D eigenvalue weighted by Gasteiger charge is -2.35. The van der Waals surface area contributed by atoms with Crippen LogP contribution in [0.5, 0.6) is 0 Å². The summed E-state index contributed by atoms with van der Waals surface area (Å²) in [6.07, 6.45) is 8.00. The number of rotatable bonds is 6. The topological polar surface area (TPSA) is 23.6 Å². The fourth-order valence-electron chi connectivity index (χ4n) is 2.66.